The Hall–Kier alpha value is -3.98. The first kappa shape index (κ1) is 25.1. The third kappa shape index (κ3) is 6.37. The number of allylic oxidation sites excluding steroid dienone is 1. The molecule has 9 heteroatoms. The second-order valence-electron chi connectivity index (χ2n) is 8.30. The number of carbonyl (C=O) groups excluding carboxylic acids is 1. The standard InChI is InChI=1S/C27H30FN5O3/c1-3-6-25(34)33-14-5-4-7-19-8-9-21(17-24(19)33)30-26-23(28)18-29-27(32-26)31-20-10-12-22(13-11-20)36-16-15-35-2/h3,6,8-13,17-18H,4-5,7,14-16H2,1-2H3,(H2,29,30,31,32). The Morgan fingerprint density at radius 3 is 2.69 bits per heavy atom. The maximum atomic E-state index is 14.6. The van der Waals surface area contributed by atoms with Gasteiger partial charge in [0, 0.05) is 30.7 Å². The van der Waals surface area contributed by atoms with Crippen molar-refractivity contribution in [1.29, 1.82) is 0 Å². The van der Waals surface area contributed by atoms with Crippen molar-refractivity contribution in [2.24, 2.45) is 0 Å². The lowest BCUT2D eigenvalue weighted by Crippen LogP contribution is -2.30. The first-order valence-electron chi connectivity index (χ1n) is 11.9. The van der Waals surface area contributed by atoms with E-state index in [2.05, 4.69) is 20.6 Å². The van der Waals surface area contributed by atoms with E-state index in [1.807, 2.05) is 49.4 Å². The summed E-state index contributed by atoms with van der Waals surface area (Å²) in [6.45, 7) is 3.44. The van der Waals surface area contributed by atoms with Gasteiger partial charge in [0.15, 0.2) is 11.6 Å². The fourth-order valence-corrected chi connectivity index (χ4v) is 3.93. The average molecular weight is 492 g/mol. The minimum absolute atomic E-state index is 0.0342. The molecule has 0 saturated heterocycles. The van der Waals surface area contributed by atoms with Crippen LogP contribution in [-0.4, -0.2) is 42.7 Å². The van der Waals surface area contributed by atoms with E-state index >= 15 is 0 Å². The number of benzene rings is 2. The van der Waals surface area contributed by atoms with Crippen molar-refractivity contribution in [2.75, 3.05) is 42.4 Å². The van der Waals surface area contributed by atoms with Crippen LogP contribution in [0.1, 0.15) is 25.3 Å². The first-order valence-corrected chi connectivity index (χ1v) is 11.9. The minimum atomic E-state index is -0.584. The van der Waals surface area contributed by atoms with Gasteiger partial charge in [0.1, 0.15) is 12.4 Å². The Balaban J connectivity index is 1.50. The van der Waals surface area contributed by atoms with Gasteiger partial charge in [0.2, 0.25) is 5.95 Å². The van der Waals surface area contributed by atoms with E-state index in [0.29, 0.717) is 31.2 Å². The SMILES string of the molecule is CC=CC(=O)N1CCCCc2ccc(Nc3nc(Nc4ccc(OCCOC)cc4)ncc3F)cc21. The minimum Gasteiger partial charge on any atom is -0.491 e. The highest BCUT2D eigenvalue weighted by molar-refractivity contribution is 6.02. The van der Waals surface area contributed by atoms with Gasteiger partial charge in [0.25, 0.3) is 5.91 Å². The molecule has 36 heavy (non-hydrogen) atoms. The summed E-state index contributed by atoms with van der Waals surface area (Å²) < 4.78 is 25.1. The van der Waals surface area contributed by atoms with Crippen LogP contribution in [0, 0.1) is 5.82 Å². The number of aromatic nitrogens is 2. The lowest BCUT2D eigenvalue weighted by molar-refractivity contribution is -0.114. The normalized spacial score (nSPS) is 13.2. The molecule has 3 aromatic rings. The highest BCUT2D eigenvalue weighted by Gasteiger charge is 2.20. The summed E-state index contributed by atoms with van der Waals surface area (Å²) in [7, 11) is 1.62. The summed E-state index contributed by atoms with van der Waals surface area (Å²) in [6, 6.07) is 13.0. The molecule has 0 saturated carbocycles. The number of methoxy groups -OCH3 is 1. The molecule has 2 aromatic carbocycles. The molecule has 2 N–H and O–H groups in total. The quantitative estimate of drug-likeness (QED) is 0.307. The van der Waals surface area contributed by atoms with E-state index in [9.17, 15) is 9.18 Å². The lowest BCUT2D eigenvalue weighted by Gasteiger charge is -2.22. The number of carbonyl (C=O) groups is 1. The zero-order valence-electron chi connectivity index (χ0n) is 20.5. The molecule has 4 rings (SSSR count). The zero-order chi connectivity index (χ0) is 25.3. The highest BCUT2D eigenvalue weighted by Crippen LogP contribution is 2.31. The molecule has 1 aromatic heterocycles. The van der Waals surface area contributed by atoms with Crippen LogP contribution in [0.15, 0.2) is 60.8 Å². The lowest BCUT2D eigenvalue weighted by atomic mass is 10.1. The van der Waals surface area contributed by atoms with Crippen LogP contribution in [0.2, 0.25) is 0 Å². The van der Waals surface area contributed by atoms with Gasteiger partial charge in [-0.1, -0.05) is 12.1 Å². The fraction of sp³-hybridized carbons (Fsp3) is 0.296. The van der Waals surface area contributed by atoms with Crippen LogP contribution >= 0.6 is 0 Å². The van der Waals surface area contributed by atoms with Crippen LogP contribution in [0.5, 0.6) is 5.75 Å². The molecule has 188 valence electrons. The number of fused-ring (bicyclic) bond motifs is 1. The van der Waals surface area contributed by atoms with Crippen LogP contribution in [0.3, 0.4) is 0 Å². The largest absolute Gasteiger partial charge is 0.491 e. The Kier molecular flexibility index (Phi) is 8.46. The van der Waals surface area contributed by atoms with Crippen LogP contribution in [-0.2, 0) is 16.0 Å². The van der Waals surface area contributed by atoms with Crippen molar-refractivity contribution < 1.29 is 18.7 Å². The molecule has 2 heterocycles. The summed E-state index contributed by atoms with van der Waals surface area (Å²) in [4.78, 5) is 22.8. The van der Waals surface area contributed by atoms with E-state index in [0.717, 1.165) is 42.4 Å². The smallest absolute Gasteiger partial charge is 0.250 e. The number of hydrogen-bond acceptors (Lipinski definition) is 7. The molecule has 1 aliphatic rings. The number of ether oxygens (including phenoxy) is 2. The van der Waals surface area contributed by atoms with Gasteiger partial charge in [-0.25, -0.2) is 9.37 Å². The molecule has 1 aliphatic heterocycles. The predicted octanol–water partition coefficient (Wildman–Crippen LogP) is 5.37. The number of nitrogens with zero attached hydrogens (tertiary/aromatic N) is 3. The number of amides is 1. The fourth-order valence-electron chi connectivity index (χ4n) is 3.93. The van der Waals surface area contributed by atoms with Gasteiger partial charge in [-0.15, -0.1) is 0 Å². The van der Waals surface area contributed by atoms with E-state index in [-0.39, 0.29) is 17.7 Å². The van der Waals surface area contributed by atoms with Crippen molar-refractivity contribution in [2.45, 2.75) is 26.2 Å². The molecule has 1 amide bonds. The maximum absolute atomic E-state index is 14.6. The van der Waals surface area contributed by atoms with Gasteiger partial charge in [0.05, 0.1) is 12.8 Å². The first-order chi connectivity index (χ1) is 17.6. The molecule has 0 aliphatic carbocycles. The van der Waals surface area contributed by atoms with E-state index < -0.39 is 5.82 Å². The van der Waals surface area contributed by atoms with Gasteiger partial charge >= 0.3 is 0 Å². The van der Waals surface area contributed by atoms with Crippen molar-refractivity contribution in [1.82, 2.24) is 9.97 Å². The molecule has 0 unspecified atom stereocenters. The summed E-state index contributed by atoms with van der Waals surface area (Å²) in [5.41, 5.74) is 3.29. The van der Waals surface area contributed by atoms with Crippen molar-refractivity contribution in [3.05, 3.63) is 72.2 Å². The summed E-state index contributed by atoms with van der Waals surface area (Å²) >= 11 is 0. The monoisotopic (exact) mass is 491 g/mol. The number of rotatable bonds is 9. The molecular weight excluding hydrogens is 461 g/mol. The Morgan fingerprint density at radius 2 is 1.92 bits per heavy atom. The third-order valence-corrected chi connectivity index (χ3v) is 5.70. The van der Waals surface area contributed by atoms with E-state index in [4.69, 9.17) is 9.47 Å². The molecular formula is C27H30FN5O3. The Labute approximate surface area is 210 Å². The number of anilines is 5. The molecule has 0 radical (unpaired) electrons. The molecule has 0 fully saturated rings. The summed E-state index contributed by atoms with van der Waals surface area (Å²) in [5.74, 6) is 0.343. The second-order valence-corrected chi connectivity index (χ2v) is 8.30. The van der Waals surface area contributed by atoms with Crippen LogP contribution in [0.25, 0.3) is 0 Å². The van der Waals surface area contributed by atoms with Crippen LogP contribution in [0.4, 0.5) is 33.2 Å². The Bertz CT molecular complexity index is 1220. The van der Waals surface area contributed by atoms with E-state index in [1.54, 1.807) is 24.2 Å². The summed E-state index contributed by atoms with van der Waals surface area (Å²) in [6.07, 6.45) is 7.25. The van der Waals surface area contributed by atoms with Crippen molar-refractivity contribution >= 4 is 34.7 Å². The van der Waals surface area contributed by atoms with Gasteiger partial charge in [-0.05, 0) is 74.2 Å². The predicted molar refractivity (Wildman–Crippen MR) is 139 cm³/mol. The van der Waals surface area contributed by atoms with E-state index in [1.165, 1.54) is 0 Å². The number of halogens is 1. The zero-order valence-corrected chi connectivity index (χ0v) is 20.5. The average Bonchev–Trinajstić information content (AvgIpc) is 3.10. The van der Waals surface area contributed by atoms with Gasteiger partial charge in [-0.2, -0.15) is 4.98 Å². The Morgan fingerprint density at radius 1 is 1.11 bits per heavy atom. The van der Waals surface area contributed by atoms with Crippen LogP contribution < -0.4 is 20.3 Å². The summed E-state index contributed by atoms with van der Waals surface area (Å²) in [5, 5.41) is 6.12. The number of hydrogen-bond donors (Lipinski definition) is 2. The molecule has 0 bridgehead atoms. The molecule has 8 nitrogen and oxygen atoms in total. The second kappa shape index (κ2) is 12.1. The van der Waals surface area contributed by atoms with Gasteiger partial charge in [-0.3, -0.25) is 4.79 Å². The molecule has 0 atom stereocenters. The topological polar surface area (TPSA) is 88.6 Å². The molecule has 0 spiro atoms. The maximum Gasteiger partial charge on any atom is 0.250 e. The number of nitrogens with one attached hydrogen (secondary N) is 2. The van der Waals surface area contributed by atoms with Gasteiger partial charge < -0.3 is 25.0 Å². The highest BCUT2D eigenvalue weighted by atomic mass is 19.1. The van der Waals surface area contributed by atoms with Crippen molar-refractivity contribution in [3.63, 3.8) is 0 Å². The third-order valence-electron chi connectivity index (χ3n) is 5.70. The number of aryl methyl sites for hydroxylation is 1. The van der Waals surface area contributed by atoms with Crippen molar-refractivity contribution in [3.8, 4) is 5.75 Å².